The van der Waals surface area contributed by atoms with Crippen LogP contribution in [0.5, 0.6) is 0 Å². The van der Waals surface area contributed by atoms with E-state index in [0.29, 0.717) is 29.2 Å². The SMILES string of the molecule is COCCn1c(SCC(=O)O)nnc1-c1cccc(Cl)c1. The fourth-order valence-electron chi connectivity index (χ4n) is 1.75. The second-order valence-electron chi connectivity index (χ2n) is 4.14. The minimum absolute atomic E-state index is 0.0688. The van der Waals surface area contributed by atoms with Crippen molar-refractivity contribution in [3.8, 4) is 11.4 Å². The summed E-state index contributed by atoms with van der Waals surface area (Å²) in [5.74, 6) is -0.325. The smallest absolute Gasteiger partial charge is 0.313 e. The first-order valence-corrected chi connectivity index (χ1v) is 7.51. The Labute approximate surface area is 131 Å². The van der Waals surface area contributed by atoms with E-state index in [0.717, 1.165) is 17.3 Å². The lowest BCUT2D eigenvalue weighted by atomic mass is 10.2. The lowest BCUT2D eigenvalue weighted by Crippen LogP contribution is -2.08. The van der Waals surface area contributed by atoms with Crippen LogP contribution >= 0.6 is 23.4 Å². The summed E-state index contributed by atoms with van der Waals surface area (Å²) in [6, 6.07) is 7.28. The van der Waals surface area contributed by atoms with Gasteiger partial charge in [0.2, 0.25) is 0 Å². The van der Waals surface area contributed by atoms with Crippen LogP contribution in [0.4, 0.5) is 0 Å². The maximum Gasteiger partial charge on any atom is 0.313 e. The molecule has 2 aromatic rings. The van der Waals surface area contributed by atoms with Gasteiger partial charge in [0.25, 0.3) is 0 Å². The number of ether oxygens (including phenoxy) is 1. The number of aromatic nitrogens is 3. The molecule has 21 heavy (non-hydrogen) atoms. The molecule has 1 aromatic carbocycles. The Morgan fingerprint density at radius 1 is 1.48 bits per heavy atom. The molecule has 1 N–H and O–H groups in total. The van der Waals surface area contributed by atoms with Gasteiger partial charge in [0.1, 0.15) is 0 Å². The number of benzene rings is 1. The van der Waals surface area contributed by atoms with Crippen LogP contribution in [0.25, 0.3) is 11.4 Å². The van der Waals surface area contributed by atoms with E-state index in [2.05, 4.69) is 10.2 Å². The van der Waals surface area contributed by atoms with Gasteiger partial charge >= 0.3 is 5.97 Å². The van der Waals surface area contributed by atoms with Crippen molar-refractivity contribution in [2.75, 3.05) is 19.5 Å². The average Bonchev–Trinajstić information content (AvgIpc) is 2.85. The average molecular weight is 328 g/mol. The number of carboxylic acids is 1. The van der Waals surface area contributed by atoms with Crippen LogP contribution in [0.1, 0.15) is 0 Å². The van der Waals surface area contributed by atoms with Crippen LogP contribution in [-0.4, -0.2) is 45.3 Å². The van der Waals surface area contributed by atoms with E-state index >= 15 is 0 Å². The van der Waals surface area contributed by atoms with E-state index < -0.39 is 5.97 Å². The third-order valence-corrected chi connectivity index (χ3v) is 3.83. The third kappa shape index (κ3) is 4.20. The maximum absolute atomic E-state index is 10.7. The van der Waals surface area contributed by atoms with E-state index in [1.165, 1.54) is 0 Å². The van der Waals surface area contributed by atoms with Gasteiger partial charge in [-0.3, -0.25) is 9.36 Å². The summed E-state index contributed by atoms with van der Waals surface area (Å²) >= 11 is 7.12. The molecule has 0 aliphatic carbocycles. The van der Waals surface area contributed by atoms with Crippen molar-refractivity contribution < 1.29 is 14.6 Å². The second kappa shape index (κ2) is 7.44. The molecule has 0 saturated heterocycles. The Morgan fingerprint density at radius 2 is 2.29 bits per heavy atom. The zero-order chi connectivity index (χ0) is 15.2. The number of nitrogens with zero attached hydrogens (tertiary/aromatic N) is 3. The molecular weight excluding hydrogens is 314 g/mol. The maximum atomic E-state index is 10.7. The Morgan fingerprint density at radius 3 is 2.95 bits per heavy atom. The normalized spacial score (nSPS) is 10.8. The summed E-state index contributed by atoms with van der Waals surface area (Å²) in [5.41, 5.74) is 0.827. The monoisotopic (exact) mass is 327 g/mol. The molecule has 112 valence electrons. The summed E-state index contributed by atoms with van der Waals surface area (Å²) in [5, 5.41) is 18.1. The first-order valence-electron chi connectivity index (χ1n) is 6.14. The Bertz CT molecular complexity index is 633. The molecule has 6 nitrogen and oxygen atoms in total. The number of methoxy groups -OCH3 is 1. The molecule has 8 heteroatoms. The fraction of sp³-hybridized carbons (Fsp3) is 0.308. The van der Waals surface area contributed by atoms with Gasteiger partial charge in [-0.25, -0.2) is 0 Å². The molecular formula is C13H14ClN3O3S. The van der Waals surface area contributed by atoms with E-state index in [4.69, 9.17) is 21.4 Å². The van der Waals surface area contributed by atoms with Gasteiger partial charge < -0.3 is 9.84 Å². The Balaban J connectivity index is 2.33. The Kier molecular flexibility index (Phi) is 5.60. The number of carbonyl (C=O) groups is 1. The van der Waals surface area contributed by atoms with Crippen molar-refractivity contribution in [2.24, 2.45) is 0 Å². The first kappa shape index (κ1) is 15.8. The van der Waals surface area contributed by atoms with E-state index in [-0.39, 0.29) is 5.75 Å². The highest BCUT2D eigenvalue weighted by atomic mass is 35.5. The van der Waals surface area contributed by atoms with Crippen LogP contribution in [0, 0.1) is 0 Å². The van der Waals surface area contributed by atoms with Crippen LogP contribution in [-0.2, 0) is 16.1 Å². The molecule has 2 rings (SSSR count). The molecule has 0 bridgehead atoms. The second-order valence-corrected chi connectivity index (χ2v) is 5.52. The quantitative estimate of drug-likeness (QED) is 0.787. The lowest BCUT2D eigenvalue weighted by molar-refractivity contribution is -0.133. The number of hydrogen-bond acceptors (Lipinski definition) is 5. The fourth-order valence-corrected chi connectivity index (χ4v) is 2.62. The zero-order valence-electron chi connectivity index (χ0n) is 11.3. The Hall–Kier alpha value is -1.57. The summed E-state index contributed by atoms with van der Waals surface area (Å²) in [7, 11) is 1.60. The highest BCUT2D eigenvalue weighted by Crippen LogP contribution is 2.25. The standard InChI is InChI=1S/C13H14ClN3O3S/c1-20-6-5-17-12(9-3-2-4-10(14)7-9)15-16-13(17)21-8-11(18)19/h2-4,7H,5-6,8H2,1H3,(H,18,19). The van der Waals surface area contributed by atoms with Gasteiger partial charge in [0.15, 0.2) is 11.0 Å². The summed E-state index contributed by atoms with van der Waals surface area (Å²) in [4.78, 5) is 10.7. The molecule has 0 aliphatic heterocycles. The lowest BCUT2D eigenvalue weighted by Gasteiger charge is -2.09. The number of hydrogen-bond donors (Lipinski definition) is 1. The number of thioether (sulfide) groups is 1. The predicted octanol–water partition coefficient (Wildman–Crippen LogP) is 2.42. The number of halogens is 1. The molecule has 0 spiro atoms. The van der Waals surface area contributed by atoms with E-state index in [1.54, 1.807) is 19.2 Å². The third-order valence-electron chi connectivity index (χ3n) is 2.64. The number of rotatable bonds is 7. The summed E-state index contributed by atoms with van der Waals surface area (Å²) < 4.78 is 6.92. The van der Waals surface area contributed by atoms with Crippen LogP contribution in [0.3, 0.4) is 0 Å². The highest BCUT2D eigenvalue weighted by Gasteiger charge is 2.15. The minimum atomic E-state index is -0.898. The van der Waals surface area contributed by atoms with Crippen molar-refractivity contribution >= 4 is 29.3 Å². The van der Waals surface area contributed by atoms with Crippen LogP contribution in [0.15, 0.2) is 29.4 Å². The summed E-state index contributed by atoms with van der Waals surface area (Å²) in [6.07, 6.45) is 0. The molecule has 0 fully saturated rings. The van der Waals surface area contributed by atoms with Crippen molar-refractivity contribution in [2.45, 2.75) is 11.7 Å². The highest BCUT2D eigenvalue weighted by molar-refractivity contribution is 7.99. The van der Waals surface area contributed by atoms with Crippen LogP contribution < -0.4 is 0 Å². The van der Waals surface area contributed by atoms with Gasteiger partial charge in [-0.2, -0.15) is 0 Å². The van der Waals surface area contributed by atoms with Gasteiger partial charge in [0, 0.05) is 17.7 Å². The molecule has 0 saturated carbocycles. The van der Waals surface area contributed by atoms with Gasteiger partial charge in [0.05, 0.1) is 18.9 Å². The topological polar surface area (TPSA) is 77.2 Å². The molecule has 0 unspecified atom stereocenters. The number of carboxylic acid groups (broad SMARTS) is 1. The predicted molar refractivity (Wildman–Crippen MR) is 80.7 cm³/mol. The van der Waals surface area contributed by atoms with Gasteiger partial charge in [-0.1, -0.05) is 35.5 Å². The first-order chi connectivity index (χ1) is 10.1. The summed E-state index contributed by atoms with van der Waals surface area (Å²) in [6.45, 7) is 1.01. The van der Waals surface area contributed by atoms with E-state index in [1.807, 2.05) is 16.7 Å². The number of aliphatic carboxylic acids is 1. The van der Waals surface area contributed by atoms with Crippen LogP contribution in [0.2, 0.25) is 5.02 Å². The van der Waals surface area contributed by atoms with Crippen molar-refractivity contribution in [1.82, 2.24) is 14.8 Å². The molecule has 0 amide bonds. The molecule has 0 aliphatic rings. The largest absolute Gasteiger partial charge is 0.481 e. The van der Waals surface area contributed by atoms with Crippen molar-refractivity contribution in [3.05, 3.63) is 29.3 Å². The minimum Gasteiger partial charge on any atom is -0.481 e. The molecule has 1 heterocycles. The van der Waals surface area contributed by atoms with Gasteiger partial charge in [-0.15, -0.1) is 10.2 Å². The van der Waals surface area contributed by atoms with E-state index in [9.17, 15) is 4.79 Å². The van der Waals surface area contributed by atoms with Crippen molar-refractivity contribution in [1.29, 1.82) is 0 Å². The molecule has 1 aromatic heterocycles. The zero-order valence-corrected chi connectivity index (χ0v) is 12.9. The molecule has 0 radical (unpaired) electrons. The van der Waals surface area contributed by atoms with Gasteiger partial charge in [-0.05, 0) is 12.1 Å². The molecule has 0 atom stereocenters. The van der Waals surface area contributed by atoms with Crippen molar-refractivity contribution in [3.63, 3.8) is 0 Å².